The maximum atomic E-state index is 13.3. The highest BCUT2D eigenvalue weighted by Crippen LogP contribution is 2.39. The molecular formula is C17H15FN2S. The lowest BCUT2D eigenvalue weighted by atomic mass is 10.2. The number of halogens is 1. The van der Waals surface area contributed by atoms with Crippen LogP contribution in [0.1, 0.15) is 23.9 Å². The van der Waals surface area contributed by atoms with Gasteiger partial charge in [0.05, 0.1) is 16.3 Å². The molecule has 0 bridgehead atoms. The van der Waals surface area contributed by atoms with Crippen LogP contribution in [0, 0.1) is 5.82 Å². The zero-order valence-corrected chi connectivity index (χ0v) is 12.3. The Kier molecular flexibility index (Phi) is 3.11. The van der Waals surface area contributed by atoms with Crippen LogP contribution in [0.5, 0.6) is 0 Å². The minimum absolute atomic E-state index is 0.191. The molecule has 21 heavy (non-hydrogen) atoms. The topological polar surface area (TPSA) is 16.1 Å². The molecule has 3 aromatic rings. The predicted molar refractivity (Wildman–Crippen MR) is 85.3 cm³/mol. The van der Waals surface area contributed by atoms with Crippen LogP contribution in [0.25, 0.3) is 10.2 Å². The highest BCUT2D eigenvalue weighted by Gasteiger charge is 2.28. The summed E-state index contributed by atoms with van der Waals surface area (Å²) >= 11 is 1.61. The molecule has 2 heterocycles. The maximum absolute atomic E-state index is 13.3. The number of hydrogen-bond donors (Lipinski definition) is 0. The van der Waals surface area contributed by atoms with Crippen molar-refractivity contribution in [2.45, 2.75) is 18.9 Å². The van der Waals surface area contributed by atoms with Gasteiger partial charge in [0, 0.05) is 12.2 Å². The number of thiazole rings is 1. The molecule has 106 valence electrons. The molecule has 0 aliphatic carbocycles. The lowest BCUT2D eigenvalue weighted by Crippen LogP contribution is -2.22. The first-order valence-corrected chi connectivity index (χ1v) is 8.00. The molecule has 1 fully saturated rings. The molecule has 1 saturated heterocycles. The van der Waals surface area contributed by atoms with Crippen molar-refractivity contribution < 1.29 is 4.39 Å². The summed E-state index contributed by atoms with van der Waals surface area (Å²) in [6, 6.07) is 15.6. The molecule has 1 atom stereocenters. The number of fused-ring (bicyclic) bond motifs is 1. The van der Waals surface area contributed by atoms with Gasteiger partial charge < -0.3 is 4.90 Å². The van der Waals surface area contributed by atoms with Crippen LogP contribution < -0.4 is 4.90 Å². The Morgan fingerprint density at radius 3 is 2.86 bits per heavy atom. The van der Waals surface area contributed by atoms with E-state index < -0.39 is 0 Å². The molecule has 4 rings (SSSR count). The van der Waals surface area contributed by atoms with Gasteiger partial charge >= 0.3 is 0 Å². The molecule has 0 spiro atoms. The smallest absolute Gasteiger partial charge is 0.124 e. The average molecular weight is 298 g/mol. The van der Waals surface area contributed by atoms with Crippen LogP contribution in [-0.2, 0) is 0 Å². The van der Waals surface area contributed by atoms with Gasteiger partial charge in [0.15, 0.2) is 0 Å². The monoisotopic (exact) mass is 298 g/mol. The van der Waals surface area contributed by atoms with Gasteiger partial charge in [-0.15, -0.1) is 11.3 Å². The minimum atomic E-state index is -0.191. The number of para-hydroxylation sites is 1. The number of anilines is 1. The second-order valence-electron chi connectivity index (χ2n) is 5.35. The predicted octanol–water partition coefficient (Wildman–Crippen LogP) is 4.78. The molecular weight excluding hydrogens is 283 g/mol. The molecule has 1 aliphatic heterocycles. The van der Waals surface area contributed by atoms with Crippen molar-refractivity contribution in [3.05, 3.63) is 59.4 Å². The molecule has 0 N–H and O–H groups in total. The molecule has 0 saturated carbocycles. The third-order valence-corrected chi connectivity index (χ3v) is 5.11. The number of hydrogen-bond acceptors (Lipinski definition) is 3. The van der Waals surface area contributed by atoms with Gasteiger partial charge in [-0.1, -0.05) is 18.2 Å². The van der Waals surface area contributed by atoms with Gasteiger partial charge in [-0.25, -0.2) is 9.37 Å². The standard InChI is InChI=1S/C17H15FN2S/c18-12-8-9-14-16(11-12)21-17(19-14)15-7-4-10-20(15)13-5-2-1-3-6-13/h1-3,5-6,8-9,11,15H,4,7,10H2. The van der Waals surface area contributed by atoms with Crippen molar-refractivity contribution in [1.82, 2.24) is 4.98 Å². The first-order valence-electron chi connectivity index (χ1n) is 7.19. The first-order chi connectivity index (χ1) is 10.3. The van der Waals surface area contributed by atoms with Gasteiger partial charge in [0.25, 0.3) is 0 Å². The van der Waals surface area contributed by atoms with Crippen LogP contribution in [-0.4, -0.2) is 11.5 Å². The van der Waals surface area contributed by atoms with E-state index in [1.807, 2.05) is 6.07 Å². The van der Waals surface area contributed by atoms with E-state index in [-0.39, 0.29) is 5.82 Å². The van der Waals surface area contributed by atoms with Crippen LogP contribution in [0.3, 0.4) is 0 Å². The summed E-state index contributed by atoms with van der Waals surface area (Å²) in [5.74, 6) is -0.191. The van der Waals surface area contributed by atoms with E-state index in [0.717, 1.165) is 28.2 Å². The van der Waals surface area contributed by atoms with Crippen LogP contribution in [0.2, 0.25) is 0 Å². The zero-order chi connectivity index (χ0) is 14.2. The average Bonchev–Trinajstić information content (AvgIpc) is 3.13. The zero-order valence-electron chi connectivity index (χ0n) is 11.5. The summed E-state index contributed by atoms with van der Waals surface area (Å²) in [7, 11) is 0. The Morgan fingerprint density at radius 2 is 2.00 bits per heavy atom. The van der Waals surface area contributed by atoms with Crippen molar-refractivity contribution >= 4 is 27.2 Å². The molecule has 1 aliphatic rings. The Hall–Kier alpha value is -1.94. The Balaban J connectivity index is 1.73. The highest BCUT2D eigenvalue weighted by molar-refractivity contribution is 7.18. The molecule has 0 amide bonds. The van der Waals surface area contributed by atoms with Gasteiger partial charge in [0.2, 0.25) is 0 Å². The summed E-state index contributed by atoms with van der Waals surface area (Å²) in [5, 5.41) is 1.09. The molecule has 1 aromatic heterocycles. The van der Waals surface area contributed by atoms with Crippen molar-refractivity contribution in [1.29, 1.82) is 0 Å². The van der Waals surface area contributed by atoms with Crippen LogP contribution in [0.15, 0.2) is 48.5 Å². The molecule has 1 unspecified atom stereocenters. The van der Waals surface area contributed by atoms with Crippen molar-refractivity contribution in [3.63, 3.8) is 0 Å². The van der Waals surface area contributed by atoms with E-state index in [1.165, 1.54) is 18.2 Å². The van der Waals surface area contributed by atoms with E-state index in [0.29, 0.717) is 6.04 Å². The van der Waals surface area contributed by atoms with E-state index in [1.54, 1.807) is 23.5 Å². The fraction of sp³-hybridized carbons (Fsp3) is 0.235. The maximum Gasteiger partial charge on any atom is 0.124 e. The number of aromatic nitrogens is 1. The third kappa shape index (κ3) is 2.29. The number of rotatable bonds is 2. The Bertz CT molecular complexity index is 769. The third-order valence-electron chi connectivity index (χ3n) is 3.99. The first kappa shape index (κ1) is 12.8. The van der Waals surface area contributed by atoms with Crippen molar-refractivity contribution in [2.24, 2.45) is 0 Å². The van der Waals surface area contributed by atoms with Crippen molar-refractivity contribution in [2.75, 3.05) is 11.4 Å². The second kappa shape index (κ2) is 5.11. The fourth-order valence-corrected chi connectivity index (χ4v) is 4.15. The van der Waals surface area contributed by atoms with Gasteiger partial charge in [-0.3, -0.25) is 0 Å². The van der Waals surface area contributed by atoms with Crippen LogP contribution >= 0.6 is 11.3 Å². The van der Waals surface area contributed by atoms with E-state index in [9.17, 15) is 4.39 Å². The summed E-state index contributed by atoms with van der Waals surface area (Å²) in [4.78, 5) is 7.13. The van der Waals surface area contributed by atoms with E-state index in [2.05, 4.69) is 29.2 Å². The van der Waals surface area contributed by atoms with Gasteiger partial charge in [0.1, 0.15) is 10.8 Å². The van der Waals surface area contributed by atoms with Gasteiger partial charge in [-0.2, -0.15) is 0 Å². The summed E-state index contributed by atoms with van der Waals surface area (Å²) in [6.45, 7) is 1.05. The van der Waals surface area contributed by atoms with Crippen LogP contribution in [0.4, 0.5) is 10.1 Å². The Labute approximate surface area is 126 Å². The lowest BCUT2D eigenvalue weighted by Gasteiger charge is -2.25. The normalized spacial score (nSPS) is 18.5. The number of nitrogens with zero attached hydrogens (tertiary/aromatic N) is 2. The quantitative estimate of drug-likeness (QED) is 0.677. The lowest BCUT2D eigenvalue weighted by molar-refractivity contribution is 0.630. The van der Waals surface area contributed by atoms with Gasteiger partial charge in [-0.05, 0) is 43.2 Å². The molecule has 0 radical (unpaired) electrons. The highest BCUT2D eigenvalue weighted by atomic mass is 32.1. The largest absolute Gasteiger partial charge is 0.362 e. The van der Waals surface area contributed by atoms with E-state index in [4.69, 9.17) is 4.98 Å². The number of benzene rings is 2. The summed E-state index contributed by atoms with van der Waals surface area (Å²) in [5.41, 5.74) is 2.14. The molecule has 2 nitrogen and oxygen atoms in total. The molecule has 4 heteroatoms. The minimum Gasteiger partial charge on any atom is -0.362 e. The summed E-state index contributed by atoms with van der Waals surface area (Å²) < 4.78 is 14.3. The molecule has 2 aromatic carbocycles. The van der Waals surface area contributed by atoms with E-state index >= 15 is 0 Å². The van der Waals surface area contributed by atoms with Crippen molar-refractivity contribution in [3.8, 4) is 0 Å². The summed E-state index contributed by atoms with van der Waals surface area (Å²) in [6.07, 6.45) is 2.28. The SMILES string of the molecule is Fc1ccc2nc(C3CCCN3c3ccccc3)sc2c1. The Morgan fingerprint density at radius 1 is 1.14 bits per heavy atom. The second-order valence-corrected chi connectivity index (χ2v) is 6.41. The fourth-order valence-electron chi connectivity index (χ4n) is 3.01.